The molecule has 0 aliphatic carbocycles. The molecule has 0 aliphatic heterocycles. The first kappa shape index (κ1) is 19.2. The summed E-state index contributed by atoms with van der Waals surface area (Å²) in [4.78, 5) is 0. The molecule has 1 unspecified atom stereocenters. The van der Waals surface area contributed by atoms with Crippen molar-refractivity contribution in [3.8, 4) is 0 Å². The standard InChI is InChI=1S/C21H37N/c1-4-5-6-7-8-9-10-11-15-18-20(22)21(2,3)19-16-13-12-14-17-19/h12-14,16-17,20H,4-11,15,18,22H2,1-3H3. The lowest BCUT2D eigenvalue weighted by Gasteiger charge is -2.32. The molecule has 0 saturated carbocycles. The molecule has 0 saturated heterocycles. The van der Waals surface area contributed by atoms with Crippen LogP contribution >= 0.6 is 0 Å². The van der Waals surface area contributed by atoms with Gasteiger partial charge in [0.1, 0.15) is 0 Å². The fraction of sp³-hybridized carbons (Fsp3) is 0.714. The van der Waals surface area contributed by atoms with E-state index in [2.05, 4.69) is 51.1 Å². The van der Waals surface area contributed by atoms with Gasteiger partial charge in [-0.3, -0.25) is 0 Å². The van der Waals surface area contributed by atoms with Gasteiger partial charge >= 0.3 is 0 Å². The van der Waals surface area contributed by atoms with Crippen LogP contribution in [0.5, 0.6) is 0 Å². The summed E-state index contributed by atoms with van der Waals surface area (Å²) < 4.78 is 0. The molecule has 1 rings (SSSR count). The second kappa shape index (κ2) is 10.8. The minimum absolute atomic E-state index is 0.0708. The number of benzene rings is 1. The number of hydrogen-bond acceptors (Lipinski definition) is 1. The highest BCUT2D eigenvalue weighted by atomic mass is 14.7. The molecule has 1 aromatic rings. The summed E-state index contributed by atoms with van der Waals surface area (Å²) in [6.45, 7) is 6.83. The molecule has 2 N–H and O–H groups in total. The van der Waals surface area contributed by atoms with E-state index in [0.29, 0.717) is 0 Å². The smallest absolute Gasteiger partial charge is 0.0131 e. The van der Waals surface area contributed by atoms with Crippen LogP contribution in [0, 0.1) is 0 Å². The minimum Gasteiger partial charge on any atom is -0.327 e. The first-order valence-electron chi connectivity index (χ1n) is 9.40. The van der Waals surface area contributed by atoms with Gasteiger partial charge in [-0.1, -0.05) is 109 Å². The third-order valence-corrected chi connectivity index (χ3v) is 5.06. The van der Waals surface area contributed by atoms with Gasteiger partial charge in [-0.05, 0) is 12.0 Å². The minimum atomic E-state index is 0.0708. The Labute approximate surface area is 138 Å². The Morgan fingerprint density at radius 2 is 1.32 bits per heavy atom. The zero-order valence-corrected chi connectivity index (χ0v) is 15.1. The van der Waals surface area contributed by atoms with E-state index in [0.717, 1.165) is 6.42 Å². The third kappa shape index (κ3) is 6.96. The molecule has 0 spiro atoms. The second-order valence-corrected chi connectivity index (χ2v) is 7.31. The Morgan fingerprint density at radius 1 is 0.818 bits per heavy atom. The van der Waals surface area contributed by atoms with E-state index in [-0.39, 0.29) is 11.5 Å². The Bertz CT molecular complexity index is 369. The zero-order chi connectivity index (χ0) is 16.3. The van der Waals surface area contributed by atoms with Crippen LogP contribution in [-0.4, -0.2) is 6.04 Å². The maximum absolute atomic E-state index is 6.48. The quantitative estimate of drug-likeness (QED) is 0.456. The van der Waals surface area contributed by atoms with Gasteiger partial charge in [0, 0.05) is 11.5 Å². The predicted molar refractivity (Wildman–Crippen MR) is 99.3 cm³/mol. The molecule has 0 bridgehead atoms. The average molecular weight is 304 g/mol. The van der Waals surface area contributed by atoms with E-state index >= 15 is 0 Å². The lowest BCUT2D eigenvalue weighted by atomic mass is 9.76. The summed E-state index contributed by atoms with van der Waals surface area (Å²) >= 11 is 0. The molecule has 1 aromatic carbocycles. The summed E-state index contributed by atoms with van der Waals surface area (Å²) in [7, 11) is 0. The van der Waals surface area contributed by atoms with Crippen molar-refractivity contribution in [1.29, 1.82) is 0 Å². The molecule has 1 heteroatoms. The molecule has 0 aromatic heterocycles. The van der Waals surface area contributed by atoms with Crippen molar-refractivity contribution in [2.24, 2.45) is 5.73 Å². The Kier molecular flexibility index (Phi) is 9.47. The molecular weight excluding hydrogens is 266 g/mol. The van der Waals surface area contributed by atoms with Gasteiger partial charge in [-0.25, -0.2) is 0 Å². The van der Waals surface area contributed by atoms with Crippen LogP contribution in [0.2, 0.25) is 0 Å². The zero-order valence-electron chi connectivity index (χ0n) is 15.1. The van der Waals surface area contributed by atoms with E-state index in [9.17, 15) is 0 Å². The maximum atomic E-state index is 6.48. The van der Waals surface area contributed by atoms with Gasteiger partial charge < -0.3 is 5.73 Å². The van der Waals surface area contributed by atoms with Crippen molar-refractivity contribution in [3.05, 3.63) is 35.9 Å². The van der Waals surface area contributed by atoms with Crippen LogP contribution in [0.3, 0.4) is 0 Å². The van der Waals surface area contributed by atoms with Gasteiger partial charge in [-0.15, -0.1) is 0 Å². The third-order valence-electron chi connectivity index (χ3n) is 5.06. The highest BCUT2D eigenvalue weighted by molar-refractivity contribution is 5.25. The lowest BCUT2D eigenvalue weighted by molar-refractivity contribution is 0.375. The molecule has 1 nitrogen and oxygen atoms in total. The second-order valence-electron chi connectivity index (χ2n) is 7.31. The predicted octanol–water partition coefficient (Wildman–Crippen LogP) is 6.21. The summed E-state index contributed by atoms with van der Waals surface area (Å²) in [5, 5.41) is 0. The van der Waals surface area contributed by atoms with Gasteiger partial charge in [0.05, 0.1) is 0 Å². The van der Waals surface area contributed by atoms with Crippen molar-refractivity contribution in [1.82, 2.24) is 0 Å². The topological polar surface area (TPSA) is 26.0 Å². The van der Waals surface area contributed by atoms with Crippen LogP contribution in [0.4, 0.5) is 0 Å². The molecule has 126 valence electrons. The maximum Gasteiger partial charge on any atom is 0.0131 e. The van der Waals surface area contributed by atoms with E-state index < -0.39 is 0 Å². The van der Waals surface area contributed by atoms with Crippen LogP contribution in [0.15, 0.2) is 30.3 Å². The summed E-state index contributed by atoms with van der Waals surface area (Å²) in [5.41, 5.74) is 7.91. The number of rotatable bonds is 12. The van der Waals surface area contributed by atoms with Crippen molar-refractivity contribution in [2.45, 2.75) is 96.4 Å². The van der Waals surface area contributed by atoms with E-state index in [1.165, 1.54) is 63.4 Å². The van der Waals surface area contributed by atoms with Crippen LogP contribution < -0.4 is 5.73 Å². The summed E-state index contributed by atoms with van der Waals surface area (Å²) in [6, 6.07) is 11.0. The SMILES string of the molecule is CCCCCCCCCCCC(N)C(C)(C)c1ccccc1. The van der Waals surface area contributed by atoms with Crippen molar-refractivity contribution in [2.75, 3.05) is 0 Å². The highest BCUT2D eigenvalue weighted by Crippen LogP contribution is 2.28. The fourth-order valence-corrected chi connectivity index (χ4v) is 3.12. The Hall–Kier alpha value is -0.820. The van der Waals surface area contributed by atoms with Crippen molar-refractivity contribution < 1.29 is 0 Å². The first-order valence-corrected chi connectivity index (χ1v) is 9.40. The molecule has 0 fully saturated rings. The largest absolute Gasteiger partial charge is 0.327 e. The molecule has 1 atom stereocenters. The molecule has 0 heterocycles. The summed E-state index contributed by atoms with van der Waals surface area (Å²) in [6.07, 6.45) is 13.5. The van der Waals surface area contributed by atoms with E-state index in [4.69, 9.17) is 5.73 Å². The van der Waals surface area contributed by atoms with Crippen molar-refractivity contribution in [3.63, 3.8) is 0 Å². The lowest BCUT2D eigenvalue weighted by Crippen LogP contribution is -2.40. The number of nitrogens with two attached hydrogens (primary N) is 1. The normalized spacial score (nSPS) is 13.3. The monoisotopic (exact) mass is 303 g/mol. The first-order chi connectivity index (χ1) is 10.6. The summed E-state index contributed by atoms with van der Waals surface area (Å²) in [5.74, 6) is 0. The molecular formula is C21H37N. The molecule has 22 heavy (non-hydrogen) atoms. The van der Waals surface area contributed by atoms with Gasteiger partial charge in [0.25, 0.3) is 0 Å². The van der Waals surface area contributed by atoms with Crippen molar-refractivity contribution >= 4 is 0 Å². The Morgan fingerprint density at radius 3 is 1.86 bits per heavy atom. The number of unbranched alkanes of at least 4 members (excludes halogenated alkanes) is 8. The van der Waals surface area contributed by atoms with Crippen LogP contribution in [-0.2, 0) is 5.41 Å². The van der Waals surface area contributed by atoms with E-state index in [1.54, 1.807) is 0 Å². The molecule has 0 amide bonds. The van der Waals surface area contributed by atoms with Crippen LogP contribution in [0.1, 0.15) is 90.5 Å². The van der Waals surface area contributed by atoms with Gasteiger partial charge in [0.2, 0.25) is 0 Å². The van der Waals surface area contributed by atoms with E-state index in [1.807, 2.05) is 0 Å². The molecule has 0 radical (unpaired) electrons. The molecule has 0 aliphatic rings. The Balaban J connectivity index is 2.14. The average Bonchev–Trinajstić information content (AvgIpc) is 2.54. The fourth-order valence-electron chi connectivity index (χ4n) is 3.12. The highest BCUT2D eigenvalue weighted by Gasteiger charge is 2.27. The van der Waals surface area contributed by atoms with Gasteiger partial charge in [0.15, 0.2) is 0 Å². The van der Waals surface area contributed by atoms with Gasteiger partial charge in [-0.2, -0.15) is 0 Å². The van der Waals surface area contributed by atoms with Crippen LogP contribution in [0.25, 0.3) is 0 Å². The number of hydrogen-bond donors (Lipinski definition) is 1.